The van der Waals surface area contributed by atoms with Gasteiger partial charge in [0, 0.05) is 4.90 Å². The highest BCUT2D eigenvalue weighted by Crippen LogP contribution is 2.21. The van der Waals surface area contributed by atoms with E-state index in [2.05, 4.69) is 31.5 Å². The van der Waals surface area contributed by atoms with Gasteiger partial charge in [-0.2, -0.15) is 0 Å². The van der Waals surface area contributed by atoms with Crippen molar-refractivity contribution >= 4 is 17.7 Å². The van der Waals surface area contributed by atoms with Crippen LogP contribution in [0.5, 0.6) is 5.75 Å². The van der Waals surface area contributed by atoms with Gasteiger partial charge >= 0.3 is 0 Å². The molecule has 0 spiro atoms. The summed E-state index contributed by atoms with van der Waals surface area (Å²) < 4.78 is 5.43. The lowest BCUT2D eigenvalue weighted by Gasteiger charge is -2.20. The third kappa shape index (κ3) is 6.80. The van der Waals surface area contributed by atoms with Crippen LogP contribution in [0.15, 0.2) is 59.5 Å². The molecular formula is C20H27N2O2S+. The van der Waals surface area contributed by atoms with Crippen LogP contribution in [0.3, 0.4) is 0 Å². The summed E-state index contributed by atoms with van der Waals surface area (Å²) in [5.74, 6) is 1.31. The van der Waals surface area contributed by atoms with Crippen molar-refractivity contribution in [1.29, 1.82) is 0 Å². The van der Waals surface area contributed by atoms with Crippen molar-refractivity contribution in [2.24, 2.45) is 0 Å². The Bertz CT molecular complexity index is 645. The number of thioether (sulfide) groups is 1. The Morgan fingerprint density at radius 3 is 2.40 bits per heavy atom. The normalized spacial score (nSPS) is 12.0. The van der Waals surface area contributed by atoms with Gasteiger partial charge in [0.05, 0.1) is 26.5 Å². The molecule has 0 fully saturated rings. The molecule has 1 atom stereocenters. The molecule has 5 heteroatoms. The molecule has 0 saturated carbocycles. The van der Waals surface area contributed by atoms with Crippen LogP contribution in [0.25, 0.3) is 0 Å². The third-order valence-electron chi connectivity index (χ3n) is 3.65. The van der Waals surface area contributed by atoms with Gasteiger partial charge in [-0.1, -0.05) is 30.3 Å². The molecule has 2 N–H and O–H groups in total. The summed E-state index contributed by atoms with van der Waals surface area (Å²) in [6.45, 7) is 3.47. The number of carbonyl (C=O) groups excluding carboxylic acids is 1. The second kappa shape index (κ2) is 10.1. The number of ether oxygens (including phenoxy) is 1. The topological polar surface area (TPSA) is 42.8 Å². The average Bonchev–Trinajstić information content (AvgIpc) is 2.61. The second-order valence-corrected chi connectivity index (χ2v) is 7.18. The third-order valence-corrected chi connectivity index (χ3v) is 4.67. The minimum absolute atomic E-state index is 0.0274. The number of rotatable bonds is 9. The van der Waals surface area contributed by atoms with Gasteiger partial charge in [0.2, 0.25) is 5.91 Å². The Labute approximate surface area is 154 Å². The zero-order valence-corrected chi connectivity index (χ0v) is 15.9. The van der Waals surface area contributed by atoms with Gasteiger partial charge < -0.3 is 15.0 Å². The van der Waals surface area contributed by atoms with Crippen LogP contribution in [0.1, 0.15) is 18.5 Å². The monoisotopic (exact) mass is 359 g/mol. The number of hydrogen-bond acceptors (Lipinski definition) is 3. The van der Waals surface area contributed by atoms with Crippen LogP contribution in [0.2, 0.25) is 0 Å². The lowest BCUT2D eigenvalue weighted by Crippen LogP contribution is -3.06. The number of benzene rings is 2. The summed E-state index contributed by atoms with van der Waals surface area (Å²) >= 11 is 1.54. The maximum Gasteiger partial charge on any atom is 0.231 e. The van der Waals surface area contributed by atoms with Gasteiger partial charge in [0.1, 0.15) is 18.3 Å². The van der Waals surface area contributed by atoms with Gasteiger partial charge in [-0.15, -0.1) is 11.8 Å². The SMILES string of the molecule is CCOc1ccc(SCC(=O)N[C@@H](C[NH+](C)C)c2ccccc2)cc1. The quantitative estimate of drug-likeness (QED) is 0.675. The molecular weight excluding hydrogens is 332 g/mol. The molecule has 2 aromatic carbocycles. The standard InChI is InChI=1S/C20H26N2O2S/c1-4-24-17-10-12-18(13-11-17)25-15-20(23)21-19(14-22(2)3)16-8-6-5-7-9-16/h5-13,19H,4,14-15H2,1-3H3,(H,21,23)/p+1/t19-/m0/s1. The van der Waals surface area contributed by atoms with Crippen molar-refractivity contribution in [1.82, 2.24) is 5.32 Å². The van der Waals surface area contributed by atoms with Crippen molar-refractivity contribution in [2.45, 2.75) is 17.9 Å². The lowest BCUT2D eigenvalue weighted by molar-refractivity contribution is -0.860. The average molecular weight is 360 g/mol. The fraction of sp³-hybridized carbons (Fsp3) is 0.350. The molecule has 0 heterocycles. The zero-order valence-electron chi connectivity index (χ0n) is 15.1. The highest BCUT2D eigenvalue weighted by atomic mass is 32.2. The molecule has 0 aliphatic heterocycles. The van der Waals surface area contributed by atoms with E-state index in [-0.39, 0.29) is 11.9 Å². The molecule has 0 bridgehead atoms. The van der Waals surface area contributed by atoms with E-state index >= 15 is 0 Å². The maximum atomic E-state index is 12.4. The predicted octanol–water partition coefficient (Wildman–Crippen LogP) is 2.18. The van der Waals surface area contributed by atoms with Crippen LogP contribution in [0, 0.1) is 0 Å². The van der Waals surface area contributed by atoms with Crippen LogP contribution in [-0.2, 0) is 4.79 Å². The molecule has 2 aromatic rings. The Hall–Kier alpha value is -1.98. The fourth-order valence-electron chi connectivity index (χ4n) is 2.53. The minimum atomic E-state index is 0.0274. The van der Waals surface area contributed by atoms with Gasteiger partial charge in [-0.3, -0.25) is 4.79 Å². The molecule has 25 heavy (non-hydrogen) atoms. The lowest BCUT2D eigenvalue weighted by atomic mass is 10.1. The number of hydrogen-bond donors (Lipinski definition) is 2. The summed E-state index contributed by atoms with van der Waals surface area (Å²) in [4.78, 5) is 14.7. The van der Waals surface area contributed by atoms with E-state index in [1.807, 2.05) is 49.4 Å². The Kier molecular flexibility index (Phi) is 7.82. The Balaban J connectivity index is 1.90. The van der Waals surface area contributed by atoms with E-state index in [0.717, 1.165) is 22.8 Å². The van der Waals surface area contributed by atoms with E-state index in [9.17, 15) is 4.79 Å². The Morgan fingerprint density at radius 1 is 1.12 bits per heavy atom. The van der Waals surface area contributed by atoms with Crippen molar-refractivity contribution in [3.8, 4) is 5.75 Å². The molecule has 0 saturated heterocycles. The number of likely N-dealkylation sites (N-methyl/N-ethyl adjacent to an activating group) is 1. The van der Waals surface area contributed by atoms with Crippen LogP contribution < -0.4 is 15.0 Å². The summed E-state index contributed by atoms with van der Waals surface area (Å²) in [6.07, 6.45) is 0. The first-order chi connectivity index (χ1) is 12.1. The first-order valence-corrected chi connectivity index (χ1v) is 9.56. The number of quaternary nitrogens is 1. The largest absolute Gasteiger partial charge is 0.494 e. The van der Waals surface area contributed by atoms with Crippen molar-refractivity contribution in [2.75, 3.05) is 33.0 Å². The van der Waals surface area contributed by atoms with Gasteiger partial charge in [0.25, 0.3) is 0 Å². The van der Waals surface area contributed by atoms with Gasteiger partial charge in [-0.25, -0.2) is 0 Å². The van der Waals surface area contributed by atoms with Crippen LogP contribution in [0.4, 0.5) is 0 Å². The van der Waals surface area contributed by atoms with E-state index in [0.29, 0.717) is 12.4 Å². The van der Waals surface area contributed by atoms with E-state index in [4.69, 9.17) is 4.74 Å². The van der Waals surface area contributed by atoms with Gasteiger partial charge in [-0.05, 0) is 36.8 Å². The molecule has 0 aliphatic carbocycles. The summed E-state index contributed by atoms with van der Waals surface area (Å²) in [5.41, 5.74) is 1.14. The zero-order chi connectivity index (χ0) is 18.1. The summed E-state index contributed by atoms with van der Waals surface area (Å²) in [5, 5.41) is 3.16. The van der Waals surface area contributed by atoms with Crippen LogP contribution in [-0.4, -0.2) is 38.9 Å². The highest BCUT2D eigenvalue weighted by Gasteiger charge is 2.17. The number of carbonyl (C=O) groups is 1. The first-order valence-electron chi connectivity index (χ1n) is 8.57. The molecule has 1 amide bonds. The highest BCUT2D eigenvalue weighted by molar-refractivity contribution is 8.00. The maximum absolute atomic E-state index is 12.4. The molecule has 2 rings (SSSR count). The summed E-state index contributed by atoms with van der Waals surface area (Å²) in [7, 11) is 4.19. The van der Waals surface area contributed by atoms with Gasteiger partial charge in [0.15, 0.2) is 0 Å². The first kappa shape index (κ1) is 19.3. The molecule has 134 valence electrons. The van der Waals surface area contributed by atoms with E-state index in [1.54, 1.807) is 0 Å². The predicted molar refractivity (Wildman–Crippen MR) is 103 cm³/mol. The minimum Gasteiger partial charge on any atom is -0.494 e. The Morgan fingerprint density at radius 2 is 1.80 bits per heavy atom. The van der Waals surface area contributed by atoms with E-state index in [1.165, 1.54) is 16.7 Å². The smallest absolute Gasteiger partial charge is 0.231 e. The van der Waals surface area contributed by atoms with Crippen molar-refractivity contribution in [3.63, 3.8) is 0 Å². The van der Waals surface area contributed by atoms with Crippen molar-refractivity contribution < 1.29 is 14.4 Å². The number of amides is 1. The fourth-order valence-corrected chi connectivity index (χ4v) is 3.24. The molecule has 0 aliphatic rings. The number of nitrogens with one attached hydrogen (secondary N) is 2. The molecule has 0 unspecified atom stereocenters. The molecule has 0 aromatic heterocycles. The molecule has 4 nitrogen and oxygen atoms in total. The van der Waals surface area contributed by atoms with Crippen molar-refractivity contribution in [3.05, 3.63) is 60.2 Å². The van der Waals surface area contributed by atoms with E-state index < -0.39 is 0 Å². The summed E-state index contributed by atoms with van der Waals surface area (Å²) in [6, 6.07) is 18.0. The molecule has 0 radical (unpaired) electrons. The van der Waals surface area contributed by atoms with Crippen LogP contribution >= 0.6 is 11.8 Å². The second-order valence-electron chi connectivity index (χ2n) is 6.14.